The van der Waals surface area contributed by atoms with Gasteiger partial charge in [-0.1, -0.05) is 41.9 Å². The van der Waals surface area contributed by atoms with Gasteiger partial charge in [0.25, 0.3) is 0 Å². The average molecular weight is 459 g/mol. The third-order valence-corrected chi connectivity index (χ3v) is 5.74. The van der Waals surface area contributed by atoms with Gasteiger partial charge >= 0.3 is 0 Å². The van der Waals surface area contributed by atoms with Crippen molar-refractivity contribution in [1.82, 2.24) is 5.32 Å². The number of carbonyl (C=O) groups excluding carboxylic acids is 1. The first-order valence-electron chi connectivity index (χ1n) is 9.03. The Morgan fingerprint density at radius 2 is 1.97 bits per heavy atom. The highest BCUT2D eigenvalue weighted by Crippen LogP contribution is 2.27. The average Bonchev–Trinajstić information content (AvgIpc) is 2.64. The second-order valence-corrected chi connectivity index (χ2v) is 9.20. The highest BCUT2D eigenvalue weighted by Gasteiger charge is 2.26. The highest BCUT2D eigenvalue weighted by molar-refractivity contribution is 7.92. The van der Waals surface area contributed by atoms with Crippen molar-refractivity contribution in [2.24, 2.45) is 5.92 Å². The highest BCUT2D eigenvalue weighted by atomic mass is 35.5. The molecule has 158 valence electrons. The van der Waals surface area contributed by atoms with Crippen LogP contribution in [0, 0.1) is 5.92 Å². The first kappa shape index (κ1) is 23.6. The van der Waals surface area contributed by atoms with E-state index in [9.17, 15) is 18.3 Å². The number of fused-ring (bicyclic) bond motifs is 1. The number of hydrogen-bond donors (Lipinski definition) is 3. The van der Waals surface area contributed by atoms with Gasteiger partial charge in [0.2, 0.25) is 10.0 Å². The fraction of sp³-hybridized carbons (Fsp3) is 0.350. The predicted molar refractivity (Wildman–Crippen MR) is 118 cm³/mol. The van der Waals surface area contributed by atoms with Crippen molar-refractivity contribution in [1.29, 1.82) is 0 Å². The van der Waals surface area contributed by atoms with Gasteiger partial charge < -0.3 is 10.4 Å². The number of aliphatic hydroxyl groups excluding tert-OH is 1. The molecule has 2 unspecified atom stereocenters. The van der Waals surface area contributed by atoms with Crippen LogP contribution in [0.25, 0.3) is 0 Å². The summed E-state index contributed by atoms with van der Waals surface area (Å²) >= 11 is 6.01. The van der Waals surface area contributed by atoms with Crippen LogP contribution < -0.4 is 10.0 Å². The van der Waals surface area contributed by atoms with E-state index >= 15 is 0 Å². The van der Waals surface area contributed by atoms with Gasteiger partial charge in [-0.25, -0.2) is 8.42 Å². The van der Waals surface area contributed by atoms with Crippen molar-refractivity contribution in [3.8, 4) is 0 Å². The van der Waals surface area contributed by atoms with Crippen molar-refractivity contribution < 1.29 is 18.3 Å². The van der Waals surface area contributed by atoms with E-state index in [0.717, 1.165) is 30.2 Å². The Hall–Kier alpha value is -1.64. The first-order valence-corrected chi connectivity index (χ1v) is 11.3. The molecular weight excluding hydrogens is 435 g/mol. The van der Waals surface area contributed by atoms with Crippen LogP contribution in [-0.2, 0) is 16.4 Å². The molecule has 1 aliphatic rings. The van der Waals surface area contributed by atoms with E-state index in [1.54, 1.807) is 6.07 Å². The number of hydrogen-bond acceptors (Lipinski definition) is 5. The number of ketones is 1. The number of anilines is 1. The molecule has 3 rings (SSSR count). The van der Waals surface area contributed by atoms with Gasteiger partial charge in [-0.2, -0.15) is 0 Å². The van der Waals surface area contributed by atoms with Gasteiger partial charge in [-0.05, 0) is 36.1 Å². The number of sulfonamides is 1. The van der Waals surface area contributed by atoms with E-state index in [1.807, 2.05) is 24.3 Å². The summed E-state index contributed by atoms with van der Waals surface area (Å²) in [6.07, 6.45) is 1.83. The van der Waals surface area contributed by atoms with Crippen LogP contribution >= 0.6 is 24.0 Å². The summed E-state index contributed by atoms with van der Waals surface area (Å²) in [7, 11) is -3.47. The van der Waals surface area contributed by atoms with Crippen LogP contribution in [-0.4, -0.2) is 38.7 Å². The van der Waals surface area contributed by atoms with Gasteiger partial charge in [0.15, 0.2) is 5.78 Å². The molecule has 9 heteroatoms. The van der Waals surface area contributed by atoms with Gasteiger partial charge in [0.05, 0.1) is 23.1 Å². The molecule has 29 heavy (non-hydrogen) atoms. The van der Waals surface area contributed by atoms with Gasteiger partial charge in [-0.15, -0.1) is 12.4 Å². The Bertz CT molecular complexity index is 982. The van der Waals surface area contributed by atoms with E-state index in [0.29, 0.717) is 12.1 Å². The second kappa shape index (κ2) is 9.91. The molecule has 0 amide bonds. The Kier molecular flexibility index (Phi) is 8.08. The Labute approximate surface area is 182 Å². The first-order chi connectivity index (χ1) is 13.2. The molecule has 0 bridgehead atoms. The molecule has 0 aromatic heterocycles. The van der Waals surface area contributed by atoms with E-state index in [-0.39, 0.29) is 41.4 Å². The molecule has 2 aromatic carbocycles. The fourth-order valence-corrected chi connectivity index (χ4v) is 4.18. The summed E-state index contributed by atoms with van der Waals surface area (Å²) in [4.78, 5) is 12.6. The molecule has 3 N–H and O–H groups in total. The zero-order valence-electron chi connectivity index (χ0n) is 15.9. The van der Waals surface area contributed by atoms with Crippen LogP contribution in [0.3, 0.4) is 0 Å². The molecule has 0 saturated heterocycles. The minimum atomic E-state index is -3.47. The summed E-state index contributed by atoms with van der Waals surface area (Å²) in [5.41, 5.74) is 2.63. The third-order valence-electron chi connectivity index (χ3n) is 4.81. The zero-order chi connectivity index (χ0) is 20.3. The largest absolute Gasteiger partial charge is 0.387 e. The second-order valence-electron chi connectivity index (χ2n) is 7.04. The van der Waals surface area contributed by atoms with E-state index < -0.39 is 16.1 Å². The summed E-state index contributed by atoms with van der Waals surface area (Å²) in [6, 6.07) is 12.4. The predicted octanol–water partition coefficient (Wildman–Crippen LogP) is 3.20. The standard InChI is InChI=1S/C20H23ClN2O4S.ClH/c1-28(26,27)23-18-10-14(8-9-17(18)21)19(24)12-22-11-15-7-6-13-4-2-3-5-16(13)20(15)25;/h2-5,8-10,15,19,22-24H,6-7,11-12H2,1H3;1H. The minimum Gasteiger partial charge on any atom is -0.387 e. The van der Waals surface area contributed by atoms with E-state index in [1.165, 1.54) is 12.1 Å². The fourth-order valence-electron chi connectivity index (χ4n) is 3.39. The number of halogens is 2. The maximum absolute atomic E-state index is 12.6. The smallest absolute Gasteiger partial charge is 0.229 e. The molecular formula is C20H24Cl2N2O4S. The van der Waals surface area contributed by atoms with Crippen molar-refractivity contribution in [2.75, 3.05) is 24.1 Å². The Morgan fingerprint density at radius 1 is 1.24 bits per heavy atom. The summed E-state index contributed by atoms with van der Waals surface area (Å²) in [6.45, 7) is 0.720. The molecule has 6 nitrogen and oxygen atoms in total. The van der Waals surface area contributed by atoms with Gasteiger partial charge in [-0.3, -0.25) is 9.52 Å². The van der Waals surface area contributed by atoms with Crippen molar-refractivity contribution in [2.45, 2.75) is 18.9 Å². The van der Waals surface area contributed by atoms with E-state index in [2.05, 4.69) is 10.0 Å². The Balaban J connectivity index is 0.00000300. The van der Waals surface area contributed by atoms with Crippen molar-refractivity contribution in [3.05, 3.63) is 64.2 Å². The third kappa shape index (κ3) is 6.17. The number of carbonyl (C=O) groups is 1. The SMILES string of the molecule is CS(=O)(=O)Nc1cc(C(O)CNCC2CCc3ccccc3C2=O)ccc1Cl.Cl. The lowest BCUT2D eigenvalue weighted by atomic mass is 9.83. The molecule has 2 atom stereocenters. The summed E-state index contributed by atoms with van der Waals surface area (Å²) < 4.78 is 25.2. The number of benzene rings is 2. The van der Waals surface area contributed by atoms with Crippen molar-refractivity contribution >= 4 is 45.5 Å². The molecule has 1 aliphatic carbocycles. The number of rotatable bonds is 7. The lowest BCUT2D eigenvalue weighted by Gasteiger charge is -2.24. The van der Waals surface area contributed by atoms with Crippen LogP contribution in [0.15, 0.2) is 42.5 Å². The van der Waals surface area contributed by atoms with Crippen LogP contribution in [0.1, 0.15) is 34.0 Å². The molecule has 0 spiro atoms. The lowest BCUT2D eigenvalue weighted by molar-refractivity contribution is 0.0895. The van der Waals surface area contributed by atoms with Crippen LogP contribution in [0.4, 0.5) is 5.69 Å². The van der Waals surface area contributed by atoms with E-state index in [4.69, 9.17) is 11.6 Å². The lowest BCUT2D eigenvalue weighted by Crippen LogP contribution is -2.34. The topological polar surface area (TPSA) is 95.5 Å². The summed E-state index contributed by atoms with van der Waals surface area (Å²) in [5.74, 6) is 0.0183. The monoisotopic (exact) mass is 458 g/mol. The van der Waals surface area contributed by atoms with Crippen molar-refractivity contribution in [3.63, 3.8) is 0 Å². The van der Waals surface area contributed by atoms with Crippen LogP contribution in [0.5, 0.6) is 0 Å². The number of aryl methyl sites for hydroxylation is 1. The maximum atomic E-state index is 12.6. The number of nitrogens with one attached hydrogen (secondary N) is 2. The molecule has 0 aliphatic heterocycles. The minimum absolute atomic E-state index is 0. The summed E-state index contributed by atoms with van der Waals surface area (Å²) in [5, 5.41) is 13.8. The molecule has 0 radical (unpaired) electrons. The molecule has 0 saturated carbocycles. The maximum Gasteiger partial charge on any atom is 0.229 e. The normalized spacial score (nSPS) is 17.2. The molecule has 2 aromatic rings. The van der Waals surface area contributed by atoms with Crippen LogP contribution in [0.2, 0.25) is 5.02 Å². The van der Waals surface area contributed by atoms with Gasteiger partial charge in [0.1, 0.15) is 0 Å². The Morgan fingerprint density at radius 3 is 2.69 bits per heavy atom. The zero-order valence-corrected chi connectivity index (χ0v) is 18.3. The van der Waals surface area contributed by atoms with Gasteiger partial charge in [0, 0.05) is 24.6 Å². The molecule has 0 heterocycles. The quantitative estimate of drug-likeness (QED) is 0.591. The number of Topliss-reactive ketones (excluding diaryl/α,β-unsaturated/α-hetero) is 1. The number of aliphatic hydroxyl groups is 1. The molecule has 0 fully saturated rings.